The number of carbonyl (C=O) groups excluding carboxylic acids is 1. The Hall–Kier alpha value is -2.06. The highest BCUT2D eigenvalue weighted by Crippen LogP contribution is 2.21. The van der Waals surface area contributed by atoms with Crippen molar-refractivity contribution >= 4 is 18.3 Å². The number of carbonyl (C=O) groups is 1. The summed E-state index contributed by atoms with van der Waals surface area (Å²) >= 11 is 0. The van der Waals surface area contributed by atoms with Crippen molar-refractivity contribution in [2.75, 3.05) is 20.1 Å². The molecule has 1 heterocycles. The molecule has 9 heteroatoms. The number of hydrogen-bond donors (Lipinski definition) is 1. The van der Waals surface area contributed by atoms with E-state index in [0.29, 0.717) is 30.9 Å². The van der Waals surface area contributed by atoms with E-state index in [1.807, 2.05) is 13.8 Å². The molecule has 0 bridgehead atoms. The van der Waals surface area contributed by atoms with Gasteiger partial charge in [0.15, 0.2) is 0 Å². The number of hydrogen-bond acceptors (Lipinski definition) is 5. The van der Waals surface area contributed by atoms with E-state index >= 15 is 0 Å². The monoisotopic (exact) mass is 384 g/mol. The molecule has 144 valence electrons. The number of amides is 1. The lowest BCUT2D eigenvalue weighted by Crippen LogP contribution is -2.43. The van der Waals surface area contributed by atoms with E-state index < -0.39 is 6.04 Å². The maximum absolute atomic E-state index is 13.5. The molecular weight excluding hydrogens is 359 g/mol. The van der Waals surface area contributed by atoms with Gasteiger partial charge in [-0.25, -0.2) is 9.07 Å². The molecule has 1 amide bonds. The second kappa shape index (κ2) is 9.05. The molecular formula is C17H26ClFN6O. The quantitative estimate of drug-likeness (QED) is 0.785. The first-order valence-corrected chi connectivity index (χ1v) is 8.17. The van der Waals surface area contributed by atoms with Crippen LogP contribution >= 0.6 is 12.4 Å². The van der Waals surface area contributed by atoms with Gasteiger partial charge in [0.25, 0.3) is 0 Å². The fraction of sp³-hybridized carbons (Fsp3) is 0.529. The fourth-order valence-electron chi connectivity index (χ4n) is 2.73. The van der Waals surface area contributed by atoms with Crippen molar-refractivity contribution in [3.05, 3.63) is 41.5 Å². The van der Waals surface area contributed by atoms with Crippen LogP contribution in [0.2, 0.25) is 0 Å². The number of rotatable bonds is 7. The fourth-order valence-corrected chi connectivity index (χ4v) is 2.73. The second-order valence-corrected chi connectivity index (χ2v) is 7.08. The molecule has 0 aliphatic heterocycles. The third-order valence-electron chi connectivity index (χ3n) is 4.15. The first kappa shape index (κ1) is 22.0. The molecule has 0 saturated carbocycles. The van der Waals surface area contributed by atoms with Crippen molar-refractivity contribution in [2.45, 2.75) is 33.2 Å². The summed E-state index contributed by atoms with van der Waals surface area (Å²) in [5, 5.41) is 11.4. The zero-order valence-corrected chi connectivity index (χ0v) is 16.3. The Labute approximate surface area is 159 Å². The lowest BCUT2D eigenvalue weighted by Gasteiger charge is -2.31. The first-order valence-electron chi connectivity index (χ1n) is 8.17. The molecule has 7 nitrogen and oxygen atoms in total. The van der Waals surface area contributed by atoms with Crippen LogP contribution in [-0.4, -0.2) is 51.2 Å². The van der Waals surface area contributed by atoms with Crippen LogP contribution in [0.5, 0.6) is 0 Å². The van der Waals surface area contributed by atoms with E-state index in [0.717, 1.165) is 0 Å². The Morgan fingerprint density at radius 3 is 2.65 bits per heavy atom. The number of halogens is 2. The Morgan fingerprint density at radius 1 is 1.42 bits per heavy atom. The van der Waals surface area contributed by atoms with Crippen LogP contribution in [0.4, 0.5) is 4.39 Å². The number of benzene rings is 1. The van der Waals surface area contributed by atoms with Gasteiger partial charge in [0.2, 0.25) is 5.91 Å². The van der Waals surface area contributed by atoms with Crippen LogP contribution in [-0.2, 0) is 11.2 Å². The molecule has 1 aromatic carbocycles. The van der Waals surface area contributed by atoms with Crippen molar-refractivity contribution in [1.82, 2.24) is 25.1 Å². The van der Waals surface area contributed by atoms with Crippen molar-refractivity contribution < 1.29 is 9.18 Å². The maximum atomic E-state index is 13.5. The Bertz CT molecular complexity index is 736. The lowest BCUT2D eigenvalue weighted by atomic mass is 9.93. The highest BCUT2D eigenvalue weighted by Gasteiger charge is 2.30. The Balaban J connectivity index is 0.00000338. The van der Waals surface area contributed by atoms with Gasteiger partial charge in [-0.3, -0.25) is 4.79 Å². The van der Waals surface area contributed by atoms with Gasteiger partial charge in [-0.1, -0.05) is 26.0 Å². The van der Waals surface area contributed by atoms with Gasteiger partial charge < -0.3 is 10.6 Å². The van der Waals surface area contributed by atoms with E-state index in [2.05, 4.69) is 15.5 Å². The molecule has 1 atom stereocenters. The van der Waals surface area contributed by atoms with Gasteiger partial charge in [0.05, 0.1) is 0 Å². The summed E-state index contributed by atoms with van der Waals surface area (Å²) in [4.78, 5) is 14.7. The maximum Gasteiger partial charge on any atom is 0.247 e. The summed E-state index contributed by atoms with van der Waals surface area (Å²) in [6, 6.07) is 5.56. The third-order valence-corrected chi connectivity index (χ3v) is 4.15. The average molecular weight is 385 g/mol. The molecule has 0 aliphatic rings. The van der Waals surface area contributed by atoms with Crippen molar-refractivity contribution in [2.24, 2.45) is 11.1 Å². The van der Waals surface area contributed by atoms with E-state index in [9.17, 15) is 9.18 Å². The average Bonchev–Trinajstić information content (AvgIpc) is 2.97. The first-order chi connectivity index (χ1) is 11.7. The number of tetrazole rings is 1. The number of aromatic nitrogens is 4. The summed E-state index contributed by atoms with van der Waals surface area (Å²) in [6.07, 6.45) is 0.301. The van der Waals surface area contributed by atoms with Crippen LogP contribution in [0.1, 0.15) is 31.3 Å². The van der Waals surface area contributed by atoms with Crippen molar-refractivity contribution in [1.29, 1.82) is 0 Å². The molecule has 2 rings (SSSR count). The summed E-state index contributed by atoms with van der Waals surface area (Å²) < 4.78 is 15.0. The molecule has 2 N–H and O–H groups in total. The van der Waals surface area contributed by atoms with Gasteiger partial charge in [-0.05, 0) is 47.0 Å². The normalized spacial score (nSPS) is 12.4. The summed E-state index contributed by atoms with van der Waals surface area (Å²) in [5.74, 6) is 0.0529. The van der Waals surface area contributed by atoms with Crippen molar-refractivity contribution in [3.8, 4) is 0 Å². The van der Waals surface area contributed by atoms with Crippen LogP contribution in [0.3, 0.4) is 0 Å². The molecule has 0 aliphatic carbocycles. The van der Waals surface area contributed by atoms with Crippen LogP contribution in [0.25, 0.3) is 0 Å². The lowest BCUT2D eigenvalue weighted by molar-refractivity contribution is -0.135. The van der Waals surface area contributed by atoms with Gasteiger partial charge >= 0.3 is 0 Å². The van der Waals surface area contributed by atoms with Crippen molar-refractivity contribution in [3.63, 3.8) is 0 Å². The Kier molecular flexibility index (Phi) is 7.65. The standard InChI is InChI=1S/C17H25FN6O.ClH/c1-12-20-21-22-24(12)15(9-13-6-5-7-14(18)8-13)16(25)23(4)11-17(2,3)10-19;/h5-8,15H,9-11,19H2,1-4H3;1H. The molecule has 1 aromatic heterocycles. The topological polar surface area (TPSA) is 89.9 Å². The number of aryl methyl sites for hydroxylation is 1. The van der Waals surface area contributed by atoms with Gasteiger partial charge in [0.1, 0.15) is 17.7 Å². The number of likely N-dealkylation sites (N-methyl/N-ethyl adjacent to an activating group) is 1. The summed E-state index contributed by atoms with van der Waals surface area (Å²) in [5.41, 5.74) is 6.28. The van der Waals surface area contributed by atoms with Crippen LogP contribution in [0, 0.1) is 18.2 Å². The predicted molar refractivity (Wildman–Crippen MR) is 99.4 cm³/mol. The molecule has 26 heavy (non-hydrogen) atoms. The van der Waals surface area contributed by atoms with Crippen LogP contribution < -0.4 is 5.73 Å². The van der Waals surface area contributed by atoms with Gasteiger partial charge in [-0.2, -0.15) is 0 Å². The molecule has 0 fully saturated rings. The minimum Gasteiger partial charge on any atom is -0.343 e. The van der Waals surface area contributed by atoms with Gasteiger partial charge in [-0.15, -0.1) is 17.5 Å². The zero-order valence-electron chi connectivity index (χ0n) is 15.5. The second-order valence-electron chi connectivity index (χ2n) is 7.08. The smallest absolute Gasteiger partial charge is 0.247 e. The number of nitrogens with two attached hydrogens (primary N) is 1. The Morgan fingerprint density at radius 2 is 2.12 bits per heavy atom. The minimum atomic E-state index is -0.643. The predicted octanol–water partition coefficient (Wildman–Crippen LogP) is 1.77. The highest BCUT2D eigenvalue weighted by atomic mass is 35.5. The van der Waals surface area contributed by atoms with Crippen LogP contribution in [0.15, 0.2) is 24.3 Å². The summed E-state index contributed by atoms with van der Waals surface area (Å²) in [7, 11) is 1.73. The number of nitrogens with zero attached hydrogens (tertiary/aromatic N) is 5. The molecule has 1 unspecified atom stereocenters. The van der Waals surface area contributed by atoms with Gasteiger partial charge in [0, 0.05) is 20.0 Å². The molecule has 2 aromatic rings. The van der Waals surface area contributed by atoms with E-state index in [-0.39, 0.29) is 29.5 Å². The highest BCUT2D eigenvalue weighted by molar-refractivity contribution is 5.85. The van der Waals surface area contributed by atoms with E-state index in [4.69, 9.17) is 5.73 Å². The molecule has 0 radical (unpaired) electrons. The third kappa shape index (κ3) is 5.47. The minimum absolute atomic E-state index is 0. The molecule has 0 saturated heterocycles. The summed E-state index contributed by atoms with van der Waals surface area (Å²) in [6.45, 7) is 6.70. The van der Waals surface area contributed by atoms with E-state index in [1.54, 1.807) is 31.0 Å². The zero-order chi connectivity index (χ0) is 18.6. The molecule has 0 spiro atoms. The SMILES string of the molecule is Cc1nnnn1C(Cc1cccc(F)c1)C(=O)N(C)CC(C)(C)CN.Cl. The van der Waals surface area contributed by atoms with E-state index in [1.165, 1.54) is 16.8 Å². The largest absolute Gasteiger partial charge is 0.343 e.